The van der Waals surface area contributed by atoms with Gasteiger partial charge in [0.2, 0.25) is 0 Å². The maximum absolute atomic E-state index is 13.0. The van der Waals surface area contributed by atoms with E-state index in [1.807, 2.05) is 0 Å². The summed E-state index contributed by atoms with van der Waals surface area (Å²) in [5, 5.41) is 10.6. The lowest BCUT2D eigenvalue weighted by Gasteiger charge is -2.21. The van der Waals surface area contributed by atoms with E-state index in [9.17, 15) is 43.2 Å². The molecule has 7 atom stereocenters. The molecule has 0 saturated carbocycles. The van der Waals surface area contributed by atoms with E-state index in [0.717, 1.165) is 120 Å². The fraction of sp³-hybridized carbons (Fsp3) is 0.944. The molecular formula is C72H140O17P2. The molecule has 3 N–H and O–H groups in total. The zero-order valence-corrected chi connectivity index (χ0v) is 61.1. The summed E-state index contributed by atoms with van der Waals surface area (Å²) in [5.41, 5.74) is 0. The van der Waals surface area contributed by atoms with Gasteiger partial charge in [-0.1, -0.05) is 312 Å². The van der Waals surface area contributed by atoms with Crippen molar-refractivity contribution in [2.24, 2.45) is 17.8 Å². The number of aliphatic hydroxyl groups is 1. The molecule has 0 aliphatic heterocycles. The van der Waals surface area contributed by atoms with Crippen molar-refractivity contribution in [3.63, 3.8) is 0 Å². The van der Waals surface area contributed by atoms with Crippen molar-refractivity contribution in [2.75, 3.05) is 39.6 Å². The van der Waals surface area contributed by atoms with Gasteiger partial charge in [0.1, 0.15) is 19.3 Å². The second-order valence-corrected chi connectivity index (χ2v) is 29.8. The van der Waals surface area contributed by atoms with Gasteiger partial charge in [-0.05, 0) is 43.4 Å². The molecule has 0 saturated heterocycles. The quantitative estimate of drug-likeness (QED) is 0.0222. The molecule has 91 heavy (non-hydrogen) atoms. The van der Waals surface area contributed by atoms with E-state index in [-0.39, 0.29) is 25.7 Å². The highest BCUT2D eigenvalue weighted by atomic mass is 31.2. The molecule has 0 amide bonds. The van der Waals surface area contributed by atoms with Crippen molar-refractivity contribution in [2.45, 2.75) is 381 Å². The molecular weight excluding hydrogens is 1200 g/mol. The van der Waals surface area contributed by atoms with Crippen LogP contribution in [0.2, 0.25) is 0 Å². The van der Waals surface area contributed by atoms with Crippen LogP contribution in [0.1, 0.15) is 363 Å². The average Bonchev–Trinajstić information content (AvgIpc) is 3.46. The van der Waals surface area contributed by atoms with E-state index < -0.39 is 97.5 Å². The molecule has 0 bridgehead atoms. The van der Waals surface area contributed by atoms with E-state index in [1.54, 1.807) is 0 Å². The number of unbranched alkanes of at least 4 members (excludes halogenated alkanes) is 36. The van der Waals surface area contributed by atoms with Gasteiger partial charge in [0.25, 0.3) is 0 Å². The van der Waals surface area contributed by atoms with Gasteiger partial charge in [-0.2, -0.15) is 0 Å². The predicted octanol–water partition coefficient (Wildman–Crippen LogP) is 20.6. The summed E-state index contributed by atoms with van der Waals surface area (Å²) in [6, 6.07) is 0. The molecule has 0 spiro atoms. The number of hydrogen-bond acceptors (Lipinski definition) is 15. The summed E-state index contributed by atoms with van der Waals surface area (Å²) in [5.74, 6) is 0.264. The third kappa shape index (κ3) is 63.9. The number of phosphoric acid groups is 2. The van der Waals surface area contributed by atoms with E-state index >= 15 is 0 Å². The van der Waals surface area contributed by atoms with Crippen LogP contribution in [0.25, 0.3) is 0 Å². The summed E-state index contributed by atoms with van der Waals surface area (Å²) in [6.45, 7) is 11.9. The first-order valence-corrected chi connectivity index (χ1v) is 40.4. The maximum atomic E-state index is 13.0. The molecule has 0 aromatic heterocycles. The lowest BCUT2D eigenvalue weighted by Crippen LogP contribution is -2.30. The first kappa shape index (κ1) is 89.1. The Morgan fingerprint density at radius 3 is 0.835 bits per heavy atom. The topological polar surface area (TPSA) is 237 Å². The number of carbonyl (C=O) groups is 4. The number of rotatable bonds is 70. The minimum Gasteiger partial charge on any atom is -0.462 e. The Hall–Kier alpha value is -1.94. The van der Waals surface area contributed by atoms with Crippen molar-refractivity contribution in [1.29, 1.82) is 0 Å². The standard InChI is InChI=1S/C72H140O17P2/c1-8-11-12-13-29-39-46-53-69(74)82-59-67(88-72(77)56-49-42-35-28-22-23-30-36-43-50-63(4)5)61-86-90(78,79)84-57-66(73)58-85-91(80,81)87-62-68(60-83-70(75)54-47-40-33-26-21-20-25-32-38-45-52-65(7)10-3)89-71(76)55-48-41-34-27-19-17-15-14-16-18-24-31-37-44-51-64(6)9-2/h63-68,73H,8-62H2,1-7H3,(H,78,79)(H,80,81)/t64?,65?,66-,67+,68+/m0/s1. The maximum Gasteiger partial charge on any atom is 0.472 e. The van der Waals surface area contributed by atoms with Crippen LogP contribution in [-0.2, 0) is 65.4 Å². The second-order valence-electron chi connectivity index (χ2n) is 26.9. The highest BCUT2D eigenvalue weighted by Crippen LogP contribution is 2.45. The number of ether oxygens (including phenoxy) is 4. The summed E-state index contributed by atoms with van der Waals surface area (Å²) in [6.07, 6.45) is 47.2. The fourth-order valence-corrected chi connectivity index (χ4v) is 12.4. The Balaban J connectivity index is 5.21. The summed E-state index contributed by atoms with van der Waals surface area (Å²) in [7, 11) is -9.90. The normalized spacial score (nSPS) is 14.8. The zero-order chi connectivity index (χ0) is 67.3. The van der Waals surface area contributed by atoms with Gasteiger partial charge in [-0.25, -0.2) is 9.13 Å². The molecule has 0 aliphatic carbocycles. The molecule has 0 heterocycles. The van der Waals surface area contributed by atoms with Crippen LogP contribution >= 0.6 is 15.6 Å². The predicted molar refractivity (Wildman–Crippen MR) is 368 cm³/mol. The van der Waals surface area contributed by atoms with Crippen LogP contribution in [-0.4, -0.2) is 96.7 Å². The Bertz CT molecular complexity index is 1790. The van der Waals surface area contributed by atoms with Crippen LogP contribution in [0, 0.1) is 17.8 Å². The van der Waals surface area contributed by atoms with Crippen LogP contribution < -0.4 is 0 Å². The number of esters is 4. The Morgan fingerprint density at radius 2 is 0.560 bits per heavy atom. The Morgan fingerprint density at radius 1 is 0.319 bits per heavy atom. The van der Waals surface area contributed by atoms with Gasteiger partial charge >= 0.3 is 39.5 Å². The molecule has 0 aliphatic rings. The molecule has 0 fully saturated rings. The number of phosphoric ester groups is 2. The van der Waals surface area contributed by atoms with Crippen molar-refractivity contribution in [3.05, 3.63) is 0 Å². The first-order valence-electron chi connectivity index (χ1n) is 37.4. The van der Waals surface area contributed by atoms with Gasteiger partial charge in [-0.3, -0.25) is 37.3 Å². The summed E-state index contributed by atoms with van der Waals surface area (Å²) >= 11 is 0. The van der Waals surface area contributed by atoms with Crippen molar-refractivity contribution in [1.82, 2.24) is 0 Å². The second kappa shape index (κ2) is 62.8. The lowest BCUT2D eigenvalue weighted by molar-refractivity contribution is -0.161. The van der Waals surface area contributed by atoms with Gasteiger partial charge in [-0.15, -0.1) is 0 Å². The van der Waals surface area contributed by atoms with Gasteiger partial charge in [0.15, 0.2) is 12.2 Å². The third-order valence-electron chi connectivity index (χ3n) is 17.4. The molecule has 0 aromatic rings. The van der Waals surface area contributed by atoms with Crippen molar-refractivity contribution >= 4 is 39.5 Å². The summed E-state index contributed by atoms with van der Waals surface area (Å²) in [4.78, 5) is 72.5. The van der Waals surface area contributed by atoms with Crippen LogP contribution in [0.4, 0.5) is 0 Å². The van der Waals surface area contributed by atoms with Crippen LogP contribution in [0.3, 0.4) is 0 Å². The van der Waals surface area contributed by atoms with Gasteiger partial charge < -0.3 is 33.8 Å². The molecule has 0 rings (SSSR count). The minimum absolute atomic E-state index is 0.105. The molecule has 0 radical (unpaired) electrons. The van der Waals surface area contributed by atoms with Crippen LogP contribution in [0.15, 0.2) is 0 Å². The minimum atomic E-state index is -4.95. The largest absolute Gasteiger partial charge is 0.472 e. The molecule has 0 aromatic carbocycles. The number of carbonyl (C=O) groups excluding carboxylic acids is 4. The van der Waals surface area contributed by atoms with Gasteiger partial charge in [0, 0.05) is 25.7 Å². The van der Waals surface area contributed by atoms with E-state index in [4.69, 9.17) is 37.0 Å². The molecule has 19 heteroatoms. The number of aliphatic hydroxyl groups excluding tert-OH is 1. The Labute approximate surface area is 556 Å². The van der Waals surface area contributed by atoms with Gasteiger partial charge in [0.05, 0.1) is 26.4 Å². The fourth-order valence-electron chi connectivity index (χ4n) is 10.8. The Kier molecular flexibility index (Phi) is 61.5. The van der Waals surface area contributed by atoms with Crippen molar-refractivity contribution in [3.8, 4) is 0 Å². The SMILES string of the molecule is CCCCCCCCCC(=O)OC[C@H](COP(=O)(O)OC[C@H](O)COP(=O)(O)OC[C@@H](COC(=O)CCCCCCCCCCCCC(C)CC)OC(=O)CCCCCCCCCCCCCCCCC(C)CC)OC(=O)CCCCCCCCCCCC(C)C. The van der Waals surface area contributed by atoms with Crippen LogP contribution in [0.5, 0.6) is 0 Å². The monoisotopic (exact) mass is 1340 g/mol. The third-order valence-corrected chi connectivity index (χ3v) is 19.3. The van der Waals surface area contributed by atoms with E-state index in [1.165, 1.54) is 161 Å². The smallest absolute Gasteiger partial charge is 0.462 e. The lowest BCUT2D eigenvalue weighted by atomic mass is 9.99. The highest BCUT2D eigenvalue weighted by molar-refractivity contribution is 7.47. The molecule has 17 nitrogen and oxygen atoms in total. The molecule has 540 valence electrons. The van der Waals surface area contributed by atoms with Crippen molar-refractivity contribution < 1.29 is 80.2 Å². The summed E-state index contributed by atoms with van der Waals surface area (Å²) < 4.78 is 68.3. The number of hydrogen-bond donors (Lipinski definition) is 3. The van der Waals surface area contributed by atoms with E-state index in [2.05, 4.69) is 48.5 Å². The zero-order valence-electron chi connectivity index (χ0n) is 59.3. The molecule has 4 unspecified atom stereocenters. The van der Waals surface area contributed by atoms with E-state index in [0.29, 0.717) is 25.7 Å². The highest BCUT2D eigenvalue weighted by Gasteiger charge is 2.30. The first-order chi connectivity index (χ1) is 43.8. The average molecular weight is 1340 g/mol.